The fraction of sp³-hybridized carbons (Fsp3) is 0.0833. The van der Waals surface area contributed by atoms with Crippen LogP contribution in [0.25, 0.3) is 21.5 Å². The van der Waals surface area contributed by atoms with Crippen molar-refractivity contribution in [3.63, 3.8) is 0 Å². The summed E-state index contributed by atoms with van der Waals surface area (Å²) in [6.07, 6.45) is -0.926. The fourth-order valence-electron chi connectivity index (χ4n) is 3.25. The molecule has 0 saturated carbocycles. The average molecular weight is 369 g/mol. The molecule has 4 aromatic rings. The number of nitrogens with one attached hydrogen (secondary N) is 1. The highest BCUT2D eigenvalue weighted by Crippen LogP contribution is 2.24. The number of benzene rings is 4. The highest BCUT2D eigenvalue weighted by atomic mass is 16.5. The van der Waals surface area contributed by atoms with Crippen molar-refractivity contribution in [2.24, 2.45) is 0 Å². The Kier molecular flexibility index (Phi) is 4.77. The SMILES string of the molecule is C[C@@H](OC(=O)c1cccc2ccccc12)C(=O)Nc1cccc2ccccc12. The summed E-state index contributed by atoms with van der Waals surface area (Å²) in [5.41, 5.74) is 1.14. The third kappa shape index (κ3) is 3.45. The smallest absolute Gasteiger partial charge is 0.339 e. The number of hydrogen-bond acceptors (Lipinski definition) is 3. The Balaban J connectivity index is 1.52. The molecule has 0 bridgehead atoms. The summed E-state index contributed by atoms with van der Waals surface area (Å²) in [7, 11) is 0. The molecule has 0 aliphatic heterocycles. The van der Waals surface area contributed by atoms with Gasteiger partial charge in [0.2, 0.25) is 0 Å². The lowest BCUT2D eigenvalue weighted by Crippen LogP contribution is -2.30. The number of rotatable bonds is 4. The largest absolute Gasteiger partial charge is 0.449 e. The Morgan fingerprint density at radius 2 is 1.32 bits per heavy atom. The lowest BCUT2D eigenvalue weighted by Gasteiger charge is -2.15. The Labute approximate surface area is 162 Å². The highest BCUT2D eigenvalue weighted by Gasteiger charge is 2.20. The van der Waals surface area contributed by atoms with E-state index in [1.54, 1.807) is 19.1 Å². The molecule has 0 saturated heterocycles. The summed E-state index contributed by atoms with van der Waals surface area (Å²) in [5.74, 6) is -0.887. The van der Waals surface area contributed by atoms with Crippen molar-refractivity contribution in [3.8, 4) is 0 Å². The Morgan fingerprint density at radius 1 is 0.750 bits per heavy atom. The molecule has 0 aromatic heterocycles. The van der Waals surface area contributed by atoms with Crippen LogP contribution in [0.2, 0.25) is 0 Å². The number of amides is 1. The first-order valence-electron chi connectivity index (χ1n) is 9.11. The van der Waals surface area contributed by atoms with Crippen molar-refractivity contribution in [2.45, 2.75) is 13.0 Å². The van der Waals surface area contributed by atoms with Crippen LogP contribution in [0.3, 0.4) is 0 Å². The second kappa shape index (κ2) is 7.53. The van der Waals surface area contributed by atoms with Crippen LogP contribution < -0.4 is 5.32 Å². The number of esters is 1. The molecule has 1 atom stereocenters. The molecule has 4 nitrogen and oxygen atoms in total. The first kappa shape index (κ1) is 17.7. The van der Waals surface area contributed by atoms with Gasteiger partial charge >= 0.3 is 5.97 Å². The van der Waals surface area contributed by atoms with Crippen LogP contribution in [0.5, 0.6) is 0 Å². The van der Waals surface area contributed by atoms with Gasteiger partial charge in [0.25, 0.3) is 5.91 Å². The molecule has 0 aliphatic rings. The van der Waals surface area contributed by atoms with E-state index in [-0.39, 0.29) is 5.91 Å². The fourth-order valence-corrected chi connectivity index (χ4v) is 3.25. The summed E-state index contributed by atoms with van der Waals surface area (Å²) in [6, 6.07) is 26.5. The second-order valence-electron chi connectivity index (χ2n) is 6.59. The number of carbonyl (C=O) groups is 2. The quantitative estimate of drug-likeness (QED) is 0.505. The predicted octanol–water partition coefficient (Wildman–Crippen LogP) is 5.18. The van der Waals surface area contributed by atoms with Gasteiger partial charge in [0, 0.05) is 11.1 Å². The standard InChI is InChI=1S/C24H19NO3/c1-16(23(26)25-22-15-7-11-18-9-3-5-13-20(18)22)28-24(27)21-14-6-10-17-8-2-4-12-19(17)21/h2-16H,1H3,(H,25,26)/t16-/m1/s1. The van der Waals surface area contributed by atoms with Gasteiger partial charge in [-0.25, -0.2) is 4.79 Å². The minimum Gasteiger partial charge on any atom is -0.449 e. The first-order valence-corrected chi connectivity index (χ1v) is 9.11. The molecule has 138 valence electrons. The van der Waals surface area contributed by atoms with Gasteiger partial charge in [0.1, 0.15) is 0 Å². The number of fused-ring (bicyclic) bond motifs is 2. The third-order valence-electron chi connectivity index (χ3n) is 4.71. The Bertz CT molecular complexity index is 1170. The molecule has 0 fully saturated rings. The lowest BCUT2D eigenvalue weighted by atomic mass is 10.0. The van der Waals surface area contributed by atoms with Gasteiger partial charge in [0.15, 0.2) is 6.10 Å². The molecular formula is C24H19NO3. The van der Waals surface area contributed by atoms with Gasteiger partial charge in [-0.05, 0) is 35.2 Å². The maximum Gasteiger partial charge on any atom is 0.339 e. The minimum absolute atomic E-state index is 0.370. The minimum atomic E-state index is -0.926. The zero-order valence-electron chi connectivity index (χ0n) is 15.4. The summed E-state index contributed by atoms with van der Waals surface area (Å²) >= 11 is 0. The molecule has 4 rings (SSSR count). The maximum absolute atomic E-state index is 12.6. The molecule has 0 radical (unpaired) electrons. The van der Waals surface area contributed by atoms with Crippen molar-refractivity contribution in [1.82, 2.24) is 0 Å². The van der Waals surface area contributed by atoms with Crippen LogP contribution >= 0.6 is 0 Å². The van der Waals surface area contributed by atoms with Gasteiger partial charge < -0.3 is 10.1 Å². The molecule has 0 heterocycles. The average Bonchev–Trinajstić information content (AvgIpc) is 2.73. The van der Waals surface area contributed by atoms with E-state index < -0.39 is 12.1 Å². The van der Waals surface area contributed by atoms with E-state index in [1.165, 1.54) is 0 Å². The Morgan fingerprint density at radius 3 is 2.07 bits per heavy atom. The van der Waals surface area contributed by atoms with Crippen molar-refractivity contribution in [3.05, 3.63) is 90.5 Å². The highest BCUT2D eigenvalue weighted by molar-refractivity contribution is 6.07. The lowest BCUT2D eigenvalue weighted by molar-refractivity contribution is -0.123. The second-order valence-corrected chi connectivity index (χ2v) is 6.59. The molecular weight excluding hydrogens is 350 g/mol. The molecule has 0 aliphatic carbocycles. The predicted molar refractivity (Wildman–Crippen MR) is 111 cm³/mol. The number of ether oxygens (including phenoxy) is 1. The van der Waals surface area contributed by atoms with Gasteiger partial charge in [-0.1, -0.05) is 72.8 Å². The van der Waals surface area contributed by atoms with Gasteiger partial charge in [-0.15, -0.1) is 0 Å². The zero-order valence-corrected chi connectivity index (χ0v) is 15.4. The van der Waals surface area contributed by atoms with Gasteiger partial charge in [-0.2, -0.15) is 0 Å². The summed E-state index contributed by atoms with van der Waals surface area (Å²) < 4.78 is 5.44. The van der Waals surface area contributed by atoms with Gasteiger partial charge in [0.05, 0.1) is 5.56 Å². The summed E-state index contributed by atoms with van der Waals surface area (Å²) in [5, 5.41) is 6.58. The van der Waals surface area contributed by atoms with E-state index in [9.17, 15) is 9.59 Å². The van der Waals surface area contributed by atoms with E-state index in [0.717, 1.165) is 21.5 Å². The number of hydrogen-bond donors (Lipinski definition) is 1. The van der Waals surface area contributed by atoms with Crippen LogP contribution in [0.1, 0.15) is 17.3 Å². The molecule has 4 heteroatoms. The summed E-state index contributed by atoms with van der Waals surface area (Å²) in [4.78, 5) is 25.2. The van der Waals surface area contributed by atoms with E-state index in [1.807, 2.05) is 72.8 Å². The summed E-state index contributed by atoms with van der Waals surface area (Å²) in [6.45, 7) is 1.57. The van der Waals surface area contributed by atoms with E-state index >= 15 is 0 Å². The van der Waals surface area contributed by atoms with Gasteiger partial charge in [-0.3, -0.25) is 4.79 Å². The topological polar surface area (TPSA) is 55.4 Å². The van der Waals surface area contributed by atoms with Crippen LogP contribution in [-0.2, 0) is 9.53 Å². The normalized spacial score (nSPS) is 11.9. The van der Waals surface area contributed by atoms with Crippen molar-refractivity contribution < 1.29 is 14.3 Å². The van der Waals surface area contributed by atoms with Crippen LogP contribution in [-0.4, -0.2) is 18.0 Å². The van der Waals surface area contributed by atoms with Crippen LogP contribution in [0, 0.1) is 0 Å². The van der Waals surface area contributed by atoms with Crippen molar-refractivity contribution in [2.75, 3.05) is 5.32 Å². The third-order valence-corrected chi connectivity index (χ3v) is 4.71. The monoisotopic (exact) mass is 369 g/mol. The van der Waals surface area contributed by atoms with E-state index in [4.69, 9.17) is 4.74 Å². The van der Waals surface area contributed by atoms with Crippen LogP contribution in [0.4, 0.5) is 5.69 Å². The molecule has 4 aromatic carbocycles. The van der Waals surface area contributed by atoms with Crippen molar-refractivity contribution >= 4 is 39.1 Å². The molecule has 1 N–H and O–H groups in total. The maximum atomic E-state index is 12.6. The number of carbonyl (C=O) groups excluding carboxylic acids is 2. The number of anilines is 1. The Hall–Kier alpha value is -3.66. The molecule has 0 unspecified atom stereocenters. The van der Waals surface area contributed by atoms with Crippen molar-refractivity contribution in [1.29, 1.82) is 0 Å². The van der Waals surface area contributed by atoms with Crippen LogP contribution in [0.15, 0.2) is 84.9 Å². The first-order chi connectivity index (χ1) is 13.6. The van der Waals surface area contributed by atoms with E-state index in [0.29, 0.717) is 11.3 Å². The van der Waals surface area contributed by atoms with E-state index in [2.05, 4.69) is 5.32 Å². The molecule has 0 spiro atoms. The molecule has 28 heavy (non-hydrogen) atoms. The zero-order chi connectivity index (χ0) is 19.5. The molecule has 1 amide bonds.